The second kappa shape index (κ2) is 10.3. The molecule has 3 aromatic rings. The number of benzene rings is 2. The third-order valence-electron chi connectivity index (χ3n) is 7.00. The van der Waals surface area contributed by atoms with E-state index in [-0.39, 0.29) is 5.91 Å². The van der Waals surface area contributed by atoms with Crippen molar-refractivity contribution in [1.29, 1.82) is 0 Å². The molecule has 1 aromatic heterocycles. The van der Waals surface area contributed by atoms with E-state index in [9.17, 15) is 4.79 Å². The van der Waals surface area contributed by atoms with Gasteiger partial charge in [0.1, 0.15) is 5.82 Å². The van der Waals surface area contributed by atoms with Crippen LogP contribution in [-0.4, -0.2) is 66.5 Å². The van der Waals surface area contributed by atoms with Crippen LogP contribution in [-0.2, 0) is 6.42 Å². The summed E-state index contributed by atoms with van der Waals surface area (Å²) < 4.78 is 0. The molecule has 3 heterocycles. The smallest absolute Gasteiger partial charge is 0.257 e. The van der Waals surface area contributed by atoms with Crippen LogP contribution in [0.1, 0.15) is 41.6 Å². The van der Waals surface area contributed by atoms with Crippen molar-refractivity contribution in [2.24, 2.45) is 0 Å². The van der Waals surface area contributed by atoms with Crippen LogP contribution >= 0.6 is 0 Å². The summed E-state index contributed by atoms with van der Waals surface area (Å²) in [6.45, 7) is 6.68. The normalized spacial score (nSPS) is 17.5. The number of carbonyl (C=O) groups is 1. The SMILES string of the molecule is O=C(c1cc2ccccc2nc1N1CCCC1)N1CCCN(CCCc2ccccc2)CC1. The fourth-order valence-corrected chi connectivity index (χ4v) is 5.15. The van der Waals surface area contributed by atoms with E-state index in [4.69, 9.17) is 4.98 Å². The molecule has 0 saturated carbocycles. The highest BCUT2D eigenvalue weighted by Gasteiger charge is 2.26. The summed E-state index contributed by atoms with van der Waals surface area (Å²) in [6, 6.07) is 20.9. The lowest BCUT2D eigenvalue weighted by Crippen LogP contribution is -2.36. The number of nitrogens with zero attached hydrogens (tertiary/aromatic N) is 4. The lowest BCUT2D eigenvalue weighted by Gasteiger charge is -2.25. The van der Waals surface area contributed by atoms with Gasteiger partial charge in [0, 0.05) is 38.1 Å². The van der Waals surface area contributed by atoms with E-state index in [1.165, 1.54) is 18.4 Å². The Balaban J connectivity index is 1.27. The molecule has 5 heteroatoms. The van der Waals surface area contributed by atoms with Crippen molar-refractivity contribution in [3.63, 3.8) is 0 Å². The zero-order valence-corrected chi connectivity index (χ0v) is 19.5. The number of aromatic nitrogens is 1. The van der Waals surface area contributed by atoms with Gasteiger partial charge in [-0.05, 0) is 62.9 Å². The Morgan fingerprint density at radius 3 is 2.45 bits per heavy atom. The maximum atomic E-state index is 13.7. The van der Waals surface area contributed by atoms with Gasteiger partial charge in [0.25, 0.3) is 5.91 Å². The first-order valence-corrected chi connectivity index (χ1v) is 12.5. The number of rotatable bonds is 6. The third-order valence-corrected chi connectivity index (χ3v) is 7.00. The summed E-state index contributed by atoms with van der Waals surface area (Å²) in [5, 5.41) is 1.04. The van der Waals surface area contributed by atoms with E-state index in [1.807, 2.05) is 18.2 Å². The Bertz CT molecular complexity index is 1080. The summed E-state index contributed by atoms with van der Waals surface area (Å²) in [5.41, 5.74) is 3.15. The summed E-state index contributed by atoms with van der Waals surface area (Å²) in [6.07, 6.45) is 5.64. The molecular formula is C28H34N4O. The van der Waals surface area contributed by atoms with E-state index < -0.39 is 0 Å². The largest absolute Gasteiger partial charge is 0.356 e. The van der Waals surface area contributed by atoms with E-state index in [0.717, 1.165) is 87.4 Å². The number of para-hydroxylation sites is 1. The summed E-state index contributed by atoms with van der Waals surface area (Å²) in [4.78, 5) is 25.6. The Morgan fingerprint density at radius 2 is 1.61 bits per heavy atom. The Kier molecular flexibility index (Phi) is 6.87. The molecule has 0 aliphatic carbocycles. The highest BCUT2D eigenvalue weighted by molar-refractivity contribution is 6.02. The van der Waals surface area contributed by atoms with Crippen molar-refractivity contribution in [2.75, 3.05) is 50.7 Å². The second-order valence-corrected chi connectivity index (χ2v) is 9.32. The fourth-order valence-electron chi connectivity index (χ4n) is 5.15. The predicted octanol–water partition coefficient (Wildman–Crippen LogP) is 4.62. The number of hydrogen-bond acceptors (Lipinski definition) is 4. The molecule has 33 heavy (non-hydrogen) atoms. The molecule has 5 rings (SSSR count). The summed E-state index contributed by atoms with van der Waals surface area (Å²) in [7, 11) is 0. The molecular weight excluding hydrogens is 408 g/mol. The minimum Gasteiger partial charge on any atom is -0.356 e. The highest BCUT2D eigenvalue weighted by Crippen LogP contribution is 2.28. The van der Waals surface area contributed by atoms with Crippen molar-refractivity contribution in [3.8, 4) is 0 Å². The molecule has 0 atom stereocenters. The van der Waals surface area contributed by atoms with Gasteiger partial charge in [-0.3, -0.25) is 4.79 Å². The van der Waals surface area contributed by atoms with Gasteiger partial charge >= 0.3 is 0 Å². The van der Waals surface area contributed by atoms with E-state index >= 15 is 0 Å². The van der Waals surface area contributed by atoms with Crippen molar-refractivity contribution >= 4 is 22.6 Å². The van der Waals surface area contributed by atoms with Gasteiger partial charge in [0.2, 0.25) is 0 Å². The van der Waals surface area contributed by atoms with Gasteiger partial charge in [-0.25, -0.2) is 4.98 Å². The van der Waals surface area contributed by atoms with Crippen molar-refractivity contribution in [1.82, 2.24) is 14.8 Å². The molecule has 2 fully saturated rings. The average Bonchev–Trinajstić information content (AvgIpc) is 3.30. The Labute approximate surface area is 197 Å². The van der Waals surface area contributed by atoms with Gasteiger partial charge < -0.3 is 14.7 Å². The van der Waals surface area contributed by atoms with Gasteiger partial charge in [0.05, 0.1) is 11.1 Å². The fraction of sp³-hybridized carbons (Fsp3) is 0.429. The van der Waals surface area contributed by atoms with Gasteiger partial charge in [-0.15, -0.1) is 0 Å². The molecule has 2 aliphatic rings. The molecule has 2 aromatic carbocycles. The first-order chi connectivity index (χ1) is 16.3. The Hall–Kier alpha value is -2.92. The molecule has 5 nitrogen and oxygen atoms in total. The lowest BCUT2D eigenvalue weighted by atomic mass is 10.1. The van der Waals surface area contributed by atoms with E-state index in [0.29, 0.717) is 0 Å². The van der Waals surface area contributed by atoms with Gasteiger partial charge in [-0.1, -0.05) is 48.5 Å². The number of anilines is 1. The van der Waals surface area contributed by atoms with Crippen LogP contribution in [0.5, 0.6) is 0 Å². The topological polar surface area (TPSA) is 39.7 Å². The highest BCUT2D eigenvalue weighted by atomic mass is 16.2. The number of hydrogen-bond donors (Lipinski definition) is 0. The van der Waals surface area contributed by atoms with Gasteiger partial charge in [0.15, 0.2) is 0 Å². The third kappa shape index (κ3) is 5.19. The molecule has 1 amide bonds. The van der Waals surface area contributed by atoms with Crippen molar-refractivity contribution < 1.29 is 4.79 Å². The number of carbonyl (C=O) groups excluding carboxylic acids is 1. The molecule has 172 valence electrons. The minimum atomic E-state index is 0.140. The molecule has 0 N–H and O–H groups in total. The Morgan fingerprint density at radius 1 is 0.818 bits per heavy atom. The predicted molar refractivity (Wildman–Crippen MR) is 135 cm³/mol. The van der Waals surface area contributed by atoms with Crippen LogP contribution in [0.4, 0.5) is 5.82 Å². The zero-order chi connectivity index (χ0) is 22.5. The number of aryl methyl sites for hydroxylation is 1. The van der Waals surface area contributed by atoms with Crippen molar-refractivity contribution in [3.05, 3.63) is 71.8 Å². The van der Waals surface area contributed by atoms with Gasteiger partial charge in [-0.2, -0.15) is 0 Å². The molecule has 2 saturated heterocycles. The standard InChI is InChI=1S/C28H34N4O/c33-28(25-22-24-13-4-5-14-26(24)29-27(25)31-17-6-7-18-31)32-19-9-16-30(20-21-32)15-8-12-23-10-2-1-3-11-23/h1-5,10-11,13-14,22H,6-9,12,15-21H2. The first-order valence-electron chi connectivity index (χ1n) is 12.5. The van der Waals surface area contributed by atoms with Crippen molar-refractivity contribution in [2.45, 2.75) is 32.1 Å². The zero-order valence-electron chi connectivity index (χ0n) is 19.5. The molecule has 0 bridgehead atoms. The monoisotopic (exact) mass is 442 g/mol. The molecule has 0 radical (unpaired) electrons. The molecule has 2 aliphatic heterocycles. The minimum absolute atomic E-state index is 0.140. The number of amides is 1. The van der Waals surface area contributed by atoms with Crippen LogP contribution < -0.4 is 4.90 Å². The number of fused-ring (bicyclic) bond motifs is 1. The van der Waals surface area contributed by atoms with Crippen LogP contribution in [0.2, 0.25) is 0 Å². The number of pyridine rings is 1. The van der Waals surface area contributed by atoms with Crippen LogP contribution in [0.15, 0.2) is 60.7 Å². The van der Waals surface area contributed by atoms with Crippen LogP contribution in [0, 0.1) is 0 Å². The van der Waals surface area contributed by atoms with Crippen LogP contribution in [0.25, 0.3) is 10.9 Å². The first kappa shape index (κ1) is 21.9. The lowest BCUT2D eigenvalue weighted by molar-refractivity contribution is 0.0762. The maximum absolute atomic E-state index is 13.7. The summed E-state index contributed by atoms with van der Waals surface area (Å²) >= 11 is 0. The quantitative estimate of drug-likeness (QED) is 0.559. The molecule has 0 unspecified atom stereocenters. The average molecular weight is 443 g/mol. The second-order valence-electron chi connectivity index (χ2n) is 9.32. The van der Waals surface area contributed by atoms with E-state index in [2.05, 4.69) is 57.2 Å². The molecule has 0 spiro atoms. The maximum Gasteiger partial charge on any atom is 0.257 e. The van der Waals surface area contributed by atoms with E-state index in [1.54, 1.807) is 0 Å². The van der Waals surface area contributed by atoms with Crippen LogP contribution in [0.3, 0.4) is 0 Å². The summed E-state index contributed by atoms with van der Waals surface area (Å²) in [5.74, 6) is 1.02.